The highest BCUT2D eigenvalue weighted by Crippen LogP contribution is 2.44. The minimum absolute atomic E-state index is 0.0125. The molecule has 0 saturated heterocycles. The summed E-state index contributed by atoms with van der Waals surface area (Å²) in [7, 11) is 0. The lowest BCUT2D eigenvalue weighted by atomic mass is 9.98. The van der Waals surface area contributed by atoms with Crippen LogP contribution in [0.3, 0.4) is 0 Å². The first kappa shape index (κ1) is 22.8. The Bertz CT molecular complexity index is 1240. The maximum absolute atomic E-state index is 12.2. The number of amides is 2. The van der Waals surface area contributed by atoms with Gasteiger partial charge in [0, 0.05) is 18.5 Å². The van der Waals surface area contributed by atoms with E-state index in [0.29, 0.717) is 0 Å². The van der Waals surface area contributed by atoms with E-state index in [1.807, 2.05) is 36.4 Å². The number of rotatable bonds is 7. The molecule has 0 bridgehead atoms. The van der Waals surface area contributed by atoms with Crippen molar-refractivity contribution in [3.05, 3.63) is 101 Å². The topological polar surface area (TPSA) is 105 Å². The molecule has 3 aromatic rings. The SMILES string of the molecule is Cc1ccc(NC(=O)/C=C/CNC(=O)OCC2c3ccccc3-c3ccccc32)c(C(=O)O)c1. The highest BCUT2D eigenvalue weighted by Gasteiger charge is 2.28. The van der Waals surface area contributed by atoms with Gasteiger partial charge in [0.05, 0.1) is 11.3 Å². The molecule has 3 aromatic carbocycles. The number of hydrogen-bond acceptors (Lipinski definition) is 4. The van der Waals surface area contributed by atoms with Crippen LogP contribution in [-0.4, -0.2) is 36.2 Å². The minimum Gasteiger partial charge on any atom is -0.478 e. The van der Waals surface area contributed by atoms with Gasteiger partial charge in [-0.1, -0.05) is 66.2 Å². The summed E-state index contributed by atoms with van der Waals surface area (Å²) < 4.78 is 5.45. The molecule has 172 valence electrons. The average molecular weight is 456 g/mol. The van der Waals surface area contributed by atoms with Crippen LogP contribution >= 0.6 is 0 Å². The van der Waals surface area contributed by atoms with Gasteiger partial charge >= 0.3 is 12.1 Å². The Balaban J connectivity index is 1.28. The summed E-state index contributed by atoms with van der Waals surface area (Å²) in [5.41, 5.74) is 5.56. The van der Waals surface area contributed by atoms with Gasteiger partial charge in [0.1, 0.15) is 6.61 Å². The maximum atomic E-state index is 12.2. The first-order valence-electron chi connectivity index (χ1n) is 10.8. The lowest BCUT2D eigenvalue weighted by molar-refractivity contribution is -0.111. The number of hydrogen-bond donors (Lipinski definition) is 3. The van der Waals surface area contributed by atoms with Gasteiger partial charge in [-0.2, -0.15) is 0 Å². The third-order valence-corrected chi connectivity index (χ3v) is 5.64. The van der Waals surface area contributed by atoms with Crippen LogP contribution in [0.5, 0.6) is 0 Å². The minimum atomic E-state index is -1.13. The quantitative estimate of drug-likeness (QED) is 0.446. The second-order valence-electron chi connectivity index (χ2n) is 7.95. The lowest BCUT2D eigenvalue weighted by Crippen LogP contribution is -2.26. The molecular weight excluding hydrogens is 432 g/mol. The van der Waals surface area contributed by atoms with E-state index in [2.05, 4.69) is 22.8 Å². The summed E-state index contributed by atoms with van der Waals surface area (Å²) >= 11 is 0. The fourth-order valence-electron chi connectivity index (χ4n) is 4.08. The van der Waals surface area contributed by atoms with Crippen LogP contribution in [0.2, 0.25) is 0 Å². The second-order valence-corrected chi connectivity index (χ2v) is 7.95. The molecule has 0 fully saturated rings. The smallest absolute Gasteiger partial charge is 0.407 e. The molecule has 2 amide bonds. The van der Waals surface area contributed by atoms with Crippen molar-refractivity contribution in [1.82, 2.24) is 5.32 Å². The van der Waals surface area contributed by atoms with Crippen LogP contribution in [-0.2, 0) is 9.53 Å². The van der Waals surface area contributed by atoms with Crippen molar-refractivity contribution >= 4 is 23.7 Å². The largest absolute Gasteiger partial charge is 0.478 e. The molecule has 1 aliphatic carbocycles. The summed E-state index contributed by atoms with van der Waals surface area (Å²) in [6, 6.07) is 20.9. The Kier molecular flexibility index (Phi) is 6.73. The van der Waals surface area contributed by atoms with E-state index in [1.165, 1.54) is 18.2 Å². The molecule has 0 saturated carbocycles. The van der Waals surface area contributed by atoms with Crippen molar-refractivity contribution in [2.45, 2.75) is 12.8 Å². The van der Waals surface area contributed by atoms with Crippen LogP contribution in [0.1, 0.15) is 33.0 Å². The van der Waals surface area contributed by atoms with E-state index in [-0.39, 0.29) is 30.3 Å². The number of alkyl carbamates (subject to hydrolysis) is 1. The number of carbonyl (C=O) groups is 3. The van der Waals surface area contributed by atoms with Crippen LogP contribution in [0, 0.1) is 6.92 Å². The summed E-state index contributed by atoms with van der Waals surface area (Å²) in [5.74, 6) is -1.65. The number of carboxylic acid groups (broad SMARTS) is 1. The molecular formula is C27H24N2O5. The number of aryl methyl sites for hydroxylation is 1. The Hall–Kier alpha value is -4.39. The second kappa shape index (κ2) is 10.0. The Morgan fingerprint density at radius 3 is 2.26 bits per heavy atom. The first-order valence-corrected chi connectivity index (χ1v) is 10.8. The lowest BCUT2D eigenvalue weighted by Gasteiger charge is -2.14. The van der Waals surface area contributed by atoms with Crippen LogP contribution in [0.25, 0.3) is 11.1 Å². The number of aromatic carboxylic acids is 1. The van der Waals surface area contributed by atoms with E-state index in [0.717, 1.165) is 27.8 Å². The highest BCUT2D eigenvalue weighted by molar-refractivity contribution is 6.04. The fraction of sp³-hybridized carbons (Fsp3) is 0.148. The molecule has 0 atom stereocenters. The Labute approximate surface area is 197 Å². The van der Waals surface area contributed by atoms with Crippen molar-refractivity contribution in [3.63, 3.8) is 0 Å². The Morgan fingerprint density at radius 1 is 0.971 bits per heavy atom. The molecule has 0 aromatic heterocycles. The zero-order valence-electron chi connectivity index (χ0n) is 18.6. The molecule has 1 aliphatic rings. The standard InChI is InChI=1S/C27H24N2O5/c1-17-12-13-24(22(15-17)26(31)32)29-25(30)11-6-14-28-27(33)34-16-23-20-9-4-2-7-18(20)19-8-3-5-10-21(19)23/h2-13,15,23H,14,16H2,1H3,(H,28,33)(H,29,30)(H,31,32)/b11-6+. The number of carboxylic acids is 1. The van der Waals surface area contributed by atoms with Gasteiger partial charge in [-0.15, -0.1) is 0 Å². The first-order chi connectivity index (χ1) is 16.4. The average Bonchev–Trinajstić information content (AvgIpc) is 3.15. The number of fused-ring (bicyclic) bond motifs is 3. The molecule has 4 rings (SSSR count). The van der Waals surface area contributed by atoms with Crippen molar-refractivity contribution in [2.75, 3.05) is 18.5 Å². The normalized spacial score (nSPS) is 12.1. The molecule has 7 nitrogen and oxygen atoms in total. The number of ether oxygens (including phenoxy) is 1. The van der Waals surface area contributed by atoms with Crippen molar-refractivity contribution in [2.24, 2.45) is 0 Å². The van der Waals surface area contributed by atoms with Crippen molar-refractivity contribution in [3.8, 4) is 11.1 Å². The summed E-state index contributed by atoms with van der Waals surface area (Å²) in [4.78, 5) is 35.6. The maximum Gasteiger partial charge on any atom is 0.407 e. The number of benzene rings is 3. The molecule has 7 heteroatoms. The third kappa shape index (κ3) is 4.99. The Morgan fingerprint density at radius 2 is 1.62 bits per heavy atom. The van der Waals surface area contributed by atoms with Gasteiger partial charge < -0.3 is 20.5 Å². The van der Waals surface area contributed by atoms with Gasteiger partial charge in [-0.3, -0.25) is 4.79 Å². The summed E-state index contributed by atoms with van der Waals surface area (Å²) in [6.07, 6.45) is 2.11. The van der Waals surface area contributed by atoms with E-state index >= 15 is 0 Å². The highest BCUT2D eigenvalue weighted by atomic mass is 16.5. The van der Waals surface area contributed by atoms with Gasteiger partial charge in [-0.05, 0) is 41.3 Å². The van der Waals surface area contributed by atoms with Crippen LogP contribution in [0.15, 0.2) is 78.9 Å². The number of carbonyl (C=O) groups excluding carboxylic acids is 2. The van der Waals surface area contributed by atoms with Crippen LogP contribution in [0.4, 0.5) is 10.5 Å². The van der Waals surface area contributed by atoms with Crippen molar-refractivity contribution in [1.29, 1.82) is 0 Å². The zero-order valence-corrected chi connectivity index (χ0v) is 18.6. The van der Waals surface area contributed by atoms with Crippen LogP contribution < -0.4 is 10.6 Å². The molecule has 0 heterocycles. The molecule has 3 N–H and O–H groups in total. The van der Waals surface area contributed by atoms with Gasteiger partial charge in [0.15, 0.2) is 0 Å². The van der Waals surface area contributed by atoms with E-state index in [9.17, 15) is 19.5 Å². The van der Waals surface area contributed by atoms with Gasteiger partial charge in [0.25, 0.3) is 0 Å². The molecule has 34 heavy (non-hydrogen) atoms. The van der Waals surface area contributed by atoms with Gasteiger partial charge in [-0.25, -0.2) is 9.59 Å². The van der Waals surface area contributed by atoms with Crippen molar-refractivity contribution < 1.29 is 24.2 Å². The number of nitrogens with one attached hydrogen (secondary N) is 2. The van der Waals surface area contributed by atoms with E-state index in [4.69, 9.17) is 4.74 Å². The summed E-state index contributed by atoms with van der Waals surface area (Å²) in [6.45, 7) is 2.06. The predicted molar refractivity (Wildman–Crippen MR) is 129 cm³/mol. The van der Waals surface area contributed by atoms with E-state index < -0.39 is 18.0 Å². The molecule has 0 unspecified atom stereocenters. The number of anilines is 1. The molecule has 0 aliphatic heterocycles. The van der Waals surface area contributed by atoms with Gasteiger partial charge in [0.2, 0.25) is 5.91 Å². The molecule has 0 spiro atoms. The fourth-order valence-corrected chi connectivity index (χ4v) is 4.08. The third-order valence-electron chi connectivity index (χ3n) is 5.64. The summed E-state index contributed by atoms with van der Waals surface area (Å²) in [5, 5.41) is 14.4. The van der Waals surface area contributed by atoms with E-state index in [1.54, 1.807) is 19.1 Å². The molecule has 0 radical (unpaired) electrons. The zero-order chi connectivity index (χ0) is 24.1. The monoisotopic (exact) mass is 456 g/mol. The predicted octanol–water partition coefficient (Wildman–Crippen LogP) is 4.73.